The summed E-state index contributed by atoms with van der Waals surface area (Å²) in [6.45, 7) is 0.340. The van der Waals surface area contributed by atoms with Gasteiger partial charge < -0.3 is 9.84 Å². The van der Waals surface area contributed by atoms with Crippen LogP contribution >= 0.6 is 11.8 Å². The van der Waals surface area contributed by atoms with Gasteiger partial charge in [-0.2, -0.15) is 0 Å². The van der Waals surface area contributed by atoms with Crippen molar-refractivity contribution in [2.75, 3.05) is 6.54 Å². The highest BCUT2D eigenvalue weighted by atomic mass is 32.2. The number of amides is 2. The molecule has 1 aliphatic heterocycles. The zero-order valence-corrected chi connectivity index (χ0v) is 15.1. The van der Waals surface area contributed by atoms with E-state index < -0.39 is 17.1 Å². The first kappa shape index (κ1) is 18.7. The molecule has 1 N–H and O–H groups in total. The summed E-state index contributed by atoms with van der Waals surface area (Å²) in [6, 6.07) is 17.0. The molecule has 3 rings (SSSR count). The topological polar surface area (TPSA) is 83.9 Å². The third-order valence-corrected chi connectivity index (χ3v) is 4.76. The van der Waals surface area contributed by atoms with Gasteiger partial charge in [-0.05, 0) is 41.1 Å². The van der Waals surface area contributed by atoms with E-state index in [1.165, 1.54) is 0 Å². The Labute approximate surface area is 160 Å². The summed E-state index contributed by atoms with van der Waals surface area (Å²) in [5, 5.41) is 8.26. The van der Waals surface area contributed by atoms with Gasteiger partial charge in [-0.1, -0.05) is 42.5 Å². The number of carboxylic acid groups (broad SMARTS) is 1. The summed E-state index contributed by atoms with van der Waals surface area (Å²) in [6.07, 6.45) is 1.35. The molecule has 1 fully saturated rings. The Bertz CT molecular complexity index is 877. The quantitative estimate of drug-likeness (QED) is 0.733. The molecule has 7 heteroatoms. The van der Waals surface area contributed by atoms with Crippen molar-refractivity contribution in [1.82, 2.24) is 4.90 Å². The third kappa shape index (κ3) is 4.98. The Morgan fingerprint density at radius 3 is 2.44 bits per heavy atom. The summed E-state index contributed by atoms with van der Waals surface area (Å²) in [4.78, 5) is 36.0. The SMILES string of the molecule is O=C(O)CCN1C(=O)S/C(=C\c2ccc(OCc3ccccc3)cc2)C1=O. The van der Waals surface area contributed by atoms with Crippen LogP contribution in [-0.4, -0.2) is 33.7 Å². The van der Waals surface area contributed by atoms with E-state index in [2.05, 4.69) is 0 Å². The van der Waals surface area contributed by atoms with Crippen LogP contribution in [0.25, 0.3) is 6.08 Å². The highest BCUT2D eigenvalue weighted by molar-refractivity contribution is 8.18. The number of ether oxygens (including phenoxy) is 1. The molecular weight excluding hydrogens is 366 g/mol. The zero-order valence-electron chi connectivity index (χ0n) is 14.3. The number of carbonyl (C=O) groups excluding carboxylic acids is 2. The van der Waals surface area contributed by atoms with Crippen LogP contribution in [-0.2, 0) is 16.2 Å². The maximum Gasteiger partial charge on any atom is 0.305 e. The average molecular weight is 383 g/mol. The molecule has 2 amide bonds. The van der Waals surface area contributed by atoms with Gasteiger partial charge in [0.05, 0.1) is 11.3 Å². The van der Waals surface area contributed by atoms with E-state index in [-0.39, 0.29) is 17.9 Å². The van der Waals surface area contributed by atoms with Gasteiger partial charge in [0, 0.05) is 6.54 Å². The van der Waals surface area contributed by atoms with Crippen molar-refractivity contribution >= 4 is 35.0 Å². The van der Waals surface area contributed by atoms with E-state index in [1.807, 2.05) is 30.3 Å². The van der Waals surface area contributed by atoms with Crippen LogP contribution in [0.4, 0.5) is 4.79 Å². The van der Waals surface area contributed by atoms with Gasteiger partial charge in [0.1, 0.15) is 12.4 Å². The van der Waals surface area contributed by atoms with E-state index >= 15 is 0 Å². The second-order valence-corrected chi connectivity index (χ2v) is 6.81. The first-order valence-electron chi connectivity index (χ1n) is 8.27. The smallest absolute Gasteiger partial charge is 0.305 e. The van der Waals surface area contributed by atoms with Crippen molar-refractivity contribution in [2.24, 2.45) is 0 Å². The molecule has 138 valence electrons. The predicted octanol–water partition coefficient (Wildman–Crippen LogP) is 3.78. The highest BCUT2D eigenvalue weighted by Gasteiger charge is 2.34. The fraction of sp³-hybridized carbons (Fsp3) is 0.150. The van der Waals surface area contributed by atoms with Gasteiger partial charge >= 0.3 is 5.97 Å². The molecule has 0 bridgehead atoms. The van der Waals surface area contributed by atoms with E-state index in [9.17, 15) is 14.4 Å². The maximum atomic E-state index is 12.3. The van der Waals surface area contributed by atoms with Crippen molar-refractivity contribution in [3.63, 3.8) is 0 Å². The summed E-state index contributed by atoms with van der Waals surface area (Å²) in [7, 11) is 0. The van der Waals surface area contributed by atoms with E-state index in [4.69, 9.17) is 9.84 Å². The predicted molar refractivity (Wildman–Crippen MR) is 102 cm³/mol. The highest BCUT2D eigenvalue weighted by Crippen LogP contribution is 2.32. The number of carbonyl (C=O) groups is 3. The lowest BCUT2D eigenvalue weighted by molar-refractivity contribution is -0.137. The standard InChI is InChI=1S/C20H17NO5S/c22-18(23)10-11-21-19(24)17(27-20(21)25)12-14-6-8-16(9-7-14)26-13-15-4-2-1-3-5-15/h1-9,12H,10-11,13H2,(H,22,23)/b17-12-. The zero-order chi connectivity index (χ0) is 19.2. The number of rotatable bonds is 7. The van der Waals surface area contributed by atoms with Crippen molar-refractivity contribution in [2.45, 2.75) is 13.0 Å². The summed E-state index contributed by atoms with van der Waals surface area (Å²) >= 11 is 0.814. The minimum Gasteiger partial charge on any atom is -0.489 e. The molecule has 1 aliphatic rings. The fourth-order valence-electron chi connectivity index (χ4n) is 2.45. The monoisotopic (exact) mass is 383 g/mol. The number of benzene rings is 2. The lowest BCUT2D eigenvalue weighted by Crippen LogP contribution is -2.30. The minimum atomic E-state index is -1.05. The number of hydrogen-bond acceptors (Lipinski definition) is 5. The lowest BCUT2D eigenvalue weighted by atomic mass is 10.2. The first-order chi connectivity index (χ1) is 13.0. The summed E-state index contributed by atoms with van der Waals surface area (Å²) in [5.41, 5.74) is 1.82. The summed E-state index contributed by atoms with van der Waals surface area (Å²) < 4.78 is 5.72. The number of nitrogens with zero attached hydrogens (tertiary/aromatic N) is 1. The third-order valence-electron chi connectivity index (χ3n) is 3.85. The van der Waals surface area contributed by atoms with Crippen LogP contribution in [0.5, 0.6) is 5.75 Å². The molecule has 2 aromatic rings. The van der Waals surface area contributed by atoms with Gasteiger partial charge in [-0.15, -0.1) is 0 Å². The molecule has 0 atom stereocenters. The van der Waals surface area contributed by atoms with Gasteiger partial charge in [0.15, 0.2) is 0 Å². The number of imide groups is 1. The Hall–Kier alpha value is -3.06. The molecule has 0 unspecified atom stereocenters. The van der Waals surface area contributed by atoms with Crippen LogP contribution in [0, 0.1) is 0 Å². The van der Waals surface area contributed by atoms with Crippen LogP contribution in [0.2, 0.25) is 0 Å². The Balaban J connectivity index is 1.62. The van der Waals surface area contributed by atoms with Gasteiger partial charge in [-0.3, -0.25) is 19.3 Å². The second-order valence-electron chi connectivity index (χ2n) is 5.82. The second kappa shape index (κ2) is 8.55. The molecule has 0 spiro atoms. The molecule has 1 heterocycles. The van der Waals surface area contributed by atoms with Gasteiger partial charge in [0.2, 0.25) is 0 Å². The number of thioether (sulfide) groups is 1. The molecule has 27 heavy (non-hydrogen) atoms. The largest absolute Gasteiger partial charge is 0.489 e. The van der Waals surface area contributed by atoms with Crippen molar-refractivity contribution < 1.29 is 24.2 Å². The lowest BCUT2D eigenvalue weighted by Gasteiger charge is -2.09. The molecule has 0 aromatic heterocycles. The van der Waals surface area contributed by atoms with Crippen molar-refractivity contribution in [1.29, 1.82) is 0 Å². The van der Waals surface area contributed by atoms with Gasteiger partial charge in [-0.25, -0.2) is 0 Å². The van der Waals surface area contributed by atoms with E-state index in [0.717, 1.165) is 27.8 Å². The molecule has 0 aliphatic carbocycles. The van der Waals surface area contributed by atoms with E-state index in [0.29, 0.717) is 12.4 Å². The Morgan fingerprint density at radius 2 is 1.78 bits per heavy atom. The number of aliphatic carboxylic acids is 1. The number of carboxylic acids is 1. The molecule has 0 saturated carbocycles. The fourth-order valence-corrected chi connectivity index (χ4v) is 3.32. The van der Waals surface area contributed by atoms with Gasteiger partial charge in [0.25, 0.3) is 11.1 Å². The van der Waals surface area contributed by atoms with E-state index in [1.54, 1.807) is 30.3 Å². The average Bonchev–Trinajstić information content (AvgIpc) is 2.93. The van der Waals surface area contributed by atoms with Crippen molar-refractivity contribution in [3.05, 3.63) is 70.6 Å². The molecule has 2 aromatic carbocycles. The molecule has 1 saturated heterocycles. The van der Waals surface area contributed by atoms with Crippen molar-refractivity contribution in [3.8, 4) is 5.75 Å². The summed E-state index contributed by atoms with van der Waals surface area (Å²) in [5.74, 6) is -0.814. The minimum absolute atomic E-state index is 0.121. The normalized spacial score (nSPS) is 15.4. The molecule has 0 radical (unpaired) electrons. The van der Waals surface area contributed by atoms with Crippen LogP contribution in [0.15, 0.2) is 59.5 Å². The van der Waals surface area contributed by atoms with Crippen LogP contribution < -0.4 is 4.74 Å². The Morgan fingerprint density at radius 1 is 1.07 bits per heavy atom. The molecule has 6 nitrogen and oxygen atoms in total. The van der Waals surface area contributed by atoms with Crippen LogP contribution in [0.1, 0.15) is 17.5 Å². The maximum absolute atomic E-state index is 12.3. The first-order valence-corrected chi connectivity index (χ1v) is 9.08. The number of hydrogen-bond donors (Lipinski definition) is 1. The molecular formula is C20H17NO5S. The van der Waals surface area contributed by atoms with Crippen LogP contribution in [0.3, 0.4) is 0 Å². The Kier molecular flexibility index (Phi) is 5.93.